The molecule has 2 aromatic carbocycles. The number of rotatable bonds is 6. The maximum atomic E-state index is 5.91. The van der Waals surface area contributed by atoms with Crippen molar-refractivity contribution >= 4 is 11.6 Å². The molecule has 112 valence electrons. The Morgan fingerprint density at radius 1 is 1.05 bits per heavy atom. The van der Waals surface area contributed by atoms with Crippen molar-refractivity contribution in [3.8, 4) is 11.5 Å². The van der Waals surface area contributed by atoms with Crippen LogP contribution in [0.2, 0.25) is 5.02 Å². The fourth-order valence-electron chi connectivity index (χ4n) is 2.23. The van der Waals surface area contributed by atoms with Gasteiger partial charge < -0.3 is 14.8 Å². The summed E-state index contributed by atoms with van der Waals surface area (Å²) in [6.07, 6.45) is 0. The smallest absolute Gasteiger partial charge is 0.165 e. The molecule has 2 aromatic rings. The summed E-state index contributed by atoms with van der Waals surface area (Å²) in [6.45, 7) is 2.82. The van der Waals surface area contributed by atoms with Crippen LogP contribution < -0.4 is 14.8 Å². The summed E-state index contributed by atoms with van der Waals surface area (Å²) in [4.78, 5) is 0. The first-order valence-corrected chi connectivity index (χ1v) is 7.22. The number of ether oxygens (including phenoxy) is 2. The van der Waals surface area contributed by atoms with Crippen LogP contribution in [0, 0.1) is 0 Å². The third-order valence-electron chi connectivity index (χ3n) is 3.45. The number of nitrogens with one attached hydrogen (secondary N) is 1. The van der Waals surface area contributed by atoms with Crippen LogP contribution in [0.25, 0.3) is 0 Å². The molecule has 0 unspecified atom stereocenters. The van der Waals surface area contributed by atoms with Crippen LogP contribution in [-0.2, 0) is 6.54 Å². The van der Waals surface area contributed by atoms with Crippen molar-refractivity contribution in [3.05, 3.63) is 58.6 Å². The van der Waals surface area contributed by atoms with Crippen LogP contribution in [0.15, 0.2) is 42.5 Å². The number of hydrogen-bond donors (Lipinski definition) is 1. The molecule has 21 heavy (non-hydrogen) atoms. The maximum Gasteiger partial charge on any atom is 0.165 e. The summed E-state index contributed by atoms with van der Waals surface area (Å²) in [6, 6.07) is 14.0. The average Bonchev–Trinajstić information content (AvgIpc) is 2.52. The second-order valence-electron chi connectivity index (χ2n) is 4.81. The number of hydrogen-bond acceptors (Lipinski definition) is 3. The molecule has 0 saturated carbocycles. The highest BCUT2D eigenvalue weighted by Crippen LogP contribution is 2.31. The number of methoxy groups -OCH3 is 2. The SMILES string of the molecule is COc1cccc(CN[C@H](C)c2ccc(Cl)cc2)c1OC. The Kier molecular flexibility index (Phi) is 5.48. The fourth-order valence-corrected chi connectivity index (χ4v) is 2.35. The lowest BCUT2D eigenvalue weighted by Crippen LogP contribution is -2.18. The summed E-state index contributed by atoms with van der Waals surface area (Å²) in [5.41, 5.74) is 2.26. The highest BCUT2D eigenvalue weighted by molar-refractivity contribution is 6.30. The number of para-hydroxylation sites is 1. The Morgan fingerprint density at radius 3 is 2.38 bits per heavy atom. The van der Waals surface area contributed by atoms with E-state index in [4.69, 9.17) is 21.1 Å². The van der Waals surface area contributed by atoms with Gasteiger partial charge in [-0.1, -0.05) is 35.9 Å². The van der Waals surface area contributed by atoms with Crippen LogP contribution in [0.5, 0.6) is 11.5 Å². The molecule has 0 saturated heterocycles. The molecule has 1 N–H and O–H groups in total. The van der Waals surface area contributed by atoms with Gasteiger partial charge in [-0.3, -0.25) is 0 Å². The quantitative estimate of drug-likeness (QED) is 0.867. The molecule has 0 aliphatic carbocycles. The van der Waals surface area contributed by atoms with Gasteiger partial charge in [0.1, 0.15) is 0 Å². The largest absolute Gasteiger partial charge is 0.493 e. The van der Waals surface area contributed by atoms with Crippen molar-refractivity contribution in [2.75, 3.05) is 14.2 Å². The van der Waals surface area contributed by atoms with E-state index in [-0.39, 0.29) is 6.04 Å². The third kappa shape index (κ3) is 3.90. The third-order valence-corrected chi connectivity index (χ3v) is 3.71. The Hall–Kier alpha value is -1.71. The van der Waals surface area contributed by atoms with Crippen molar-refractivity contribution in [3.63, 3.8) is 0 Å². The summed E-state index contributed by atoms with van der Waals surface area (Å²) in [5, 5.41) is 4.23. The molecule has 0 heterocycles. The molecule has 0 aromatic heterocycles. The van der Waals surface area contributed by atoms with Crippen LogP contribution in [0.1, 0.15) is 24.1 Å². The van der Waals surface area contributed by atoms with Crippen molar-refractivity contribution in [1.82, 2.24) is 5.32 Å². The van der Waals surface area contributed by atoms with E-state index in [1.54, 1.807) is 14.2 Å². The van der Waals surface area contributed by atoms with Gasteiger partial charge in [0.05, 0.1) is 14.2 Å². The van der Waals surface area contributed by atoms with Crippen LogP contribution in [-0.4, -0.2) is 14.2 Å². The Bertz CT molecular complexity index is 584. The lowest BCUT2D eigenvalue weighted by Gasteiger charge is -2.17. The predicted molar refractivity (Wildman–Crippen MR) is 86.3 cm³/mol. The number of halogens is 1. The summed E-state index contributed by atoms with van der Waals surface area (Å²) >= 11 is 5.91. The Balaban J connectivity index is 2.07. The van der Waals surface area contributed by atoms with E-state index < -0.39 is 0 Å². The minimum Gasteiger partial charge on any atom is -0.493 e. The molecule has 0 spiro atoms. The van der Waals surface area contributed by atoms with Crippen molar-refractivity contribution < 1.29 is 9.47 Å². The van der Waals surface area contributed by atoms with E-state index in [1.807, 2.05) is 42.5 Å². The van der Waals surface area contributed by atoms with Gasteiger partial charge in [-0.25, -0.2) is 0 Å². The lowest BCUT2D eigenvalue weighted by molar-refractivity contribution is 0.350. The van der Waals surface area contributed by atoms with Crippen LogP contribution in [0.3, 0.4) is 0 Å². The molecule has 2 rings (SSSR count). The fraction of sp³-hybridized carbons (Fsp3) is 0.294. The van der Waals surface area contributed by atoms with Gasteiger partial charge in [0.15, 0.2) is 11.5 Å². The molecule has 0 aliphatic heterocycles. The average molecular weight is 306 g/mol. The summed E-state index contributed by atoms with van der Waals surface area (Å²) < 4.78 is 10.8. The normalized spacial score (nSPS) is 12.0. The monoisotopic (exact) mass is 305 g/mol. The van der Waals surface area contributed by atoms with Crippen molar-refractivity contribution in [2.45, 2.75) is 19.5 Å². The van der Waals surface area contributed by atoms with Gasteiger partial charge in [-0.2, -0.15) is 0 Å². The van der Waals surface area contributed by atoms with Gasteiger partial charge in [0, 0.05) is 23.2 Å². The van der Waals surface area contributed by atoms with E-state index in [1.165, 1.54) is 5.56 Å². The highest BCUT2D eigenvalue weighted by atomic mass is 35.5. The first-order valence-electron chi connectivity index (χ1n) is 6.84. The first kappa shape index (κ1) is 15.7. The second kappa shape index (κ2) is 7.34. The van der Waals surface area contributed by atoms with E-state index in [0.29, 0.717) is 6.54 Å². The maximum absolute atomic E-state index is 5.91. The molecular formula is C17H20ClNO2. The molecule has 4 heteroatoms. The van der Waals surface area contributed by atoms with Gasteiger partial charge in [-0.15, -0.1) is 0 Å². The highest BCUT2D eigenvalue weighted by Gasteiger charge is 2.11. The Morgan fingerprint density at radius 2 is 1.76 bits per heavy atom. The number of benzene rings is 2. The molecule has 0 aliphatic rings. The zero-order chi connectivity index (χ0) is 15.2. The van der Waals surface area contributed by atoms with Gasteiger partial charge in [-0.05, 0) is 30.7 Å². The molecule has 1 atom stereocenters. The van der Waals surface area contributed by atoms with Gasteiger partial charge >= 0.3 is 0 Å². The molecule has 0 bridgehead atoms. The molecule has 0 radical (unpaired) electrons. The lowest BCUT2D eigenvalue weighted by atomic mass is 10.1. The van der Waals surface area contributed by atoms with Gasteiger partial charge in [0.2, 0.25) is 0 Å². The minimum absolute atomic E-state index is 0.221. The van der Waals surface area contributed by atoms with Crippen LogP contribution >= 0.6 is 11.6 Å². The van der Waals surface area contributed by atoms with Crippen LogP contribution in [0.4, 0.5) is 0 Å². The molecule has 0 fully saturated rings. The molecular weight excluding hydrogens is 286 g/mol. The second-order valence-corrected chi connectivity index (χ2v) is 5.24. The molecule has 3 nitrogen and oxygen atoms in total. The minimum atomic E-state index is 0.221. The van der Waals surface area contributed by atoms with E-state index >= 15 is 0 Å². The Labute approximate surface area is 130 Å². The summed E-state index contributed by atoms with van der Waals surface area (Å²) in [7, 11) is 3.30. The van der Waals surface area contributed by atoms with Crippen molar-refractivity contribution in [1.29, 1.82) is 0 Å². The predicted octanol–water partition coefficient (Wildman–Crippen LogP) is 4.21. The van der Waals surface area contributed by atoms with Crippen molar-refractivity contribution in [2.24, 2.45) is 0 Å². The molecule has 0 amide bonds. The first-order chi connectivity index (χ1) is 10.2. The standard InChI is InChI=1S/C17H20ClNO2/c1-12(13-7-9-15(18)10-8-13)19-11-14-5-4-6-16(20-2)17(14)21-3/h4-10,12,19H,11H2,1-3H3/t12-/m1/s1. The zero-order valence-corrected chi connectivity index (χ0v) is 13.3. The van der Waals surface area contributed by atoms with Gasteiger partial charge in [0.25, 0.3) is 0 Å². The van der Waals surface area contributed by atoms with E-state index in [9.17, 15) is 0 Å². The zero-order valence-electron chi connectivity index (χ0n) is 12.5. The van der Waals surface area contributed by atoms with E-state index in [0.717, 1.165) is 22.1 Å². The van der Waals surface area contributed by atoms with E-state index in [2.05, 4.69) is 12.2 Å². The topological polar surface area (TPSA) is 30.5 Å². The summed E-state index contributed by atoms with van der Waals surface area (Å²) in [5.74, 6) is 1.52.